The summed E-state index contributed by atoms with van der Waals surface area (Å²) in [6, 6.07) is 4.37. The van der Waals surface area contributed by atoms with E-state index in [4.69, 9.17) is 10.6 Å². The van der Waals surface area contributed by atoms with Gasteiger partial charge in [-0.15, -0.1) is 0 Å². The van der Waals surface area contributed by atoms with Crippen molar-refractivity contribution in [2.24, 2.45) is 5.84 Å². The first-order valence-corrected chi connectivity index (χ1v) is 7.66. The quantitative estimate of drug-likeness (QED) is 0.599. The highest BCUT2D eigenvalue weighted by atomic mass is 16.5. The van der Waals surface area contributed by atoms with E-state index in [0.29, 0.717) is 0 Å². The van der Waals surface area contributed by atoms with Crippen molar-refractivity contribution in [3.8, 4) is 5.75 Å². The summed E-state index contributed by atoms with van der Waals surface area (Å²) in [4.78, 5) is 2.29. The van der Waals surface area contributed by atoms with Crippen molar-refractivity contribution in [1.29, 1.82) is 0 Å². The Morgan fingerprint density at radius 1 is 1.19 bits per heavy atom. The molecule has 0 fully saturated rings. The van der Waals surface area contributed by atoms with Crippen LogP contribution in [0.15, 0.2) is 12.1 Å². The summed E-state index contributed by atoms with van der Waals surface area (Å²) in [6.45, 7) is 8.64. The zero-order valence-electron chi connectivity index (χ0n) is 14.6. The SMILES string of the molecule is CCC(CC)(C(NN)c1cc(C)c(OC)cc1C)N(C)C. The summed E-state index contributed by atoms with van der Waals surface area (Å²) in [6.07, 6.45) is 2.05. The first kappa shape index (κ1) is 18.0. The number of methoxy groups -OCH3 is 1. The van der Waals surface area contributed by atoms with Crippen LogP contribution in [-0.4, -0.2) is 31.6 Å². The lowest BCUT2D eigenvalue weighted by atomic mass is 9.78. The van der Waals surface area contributed by atoms with Crippen LogP contribution in [0.3, 0.4) is 0 Å². The van der Waals surface area contributed by atoms with Crippen LogP contribution >= 0.6 is 0 Å². The van der Waals surface area contributed by atoms with Crippen LogP contribution < -0.4 is 16.0 Å². The standard InChI is InChI=1S/C17H31N3O/c1-8-17(9-2,20(5)6)16(19-18)14-10-13(4)15(21-7)11-12(14)3/h10-11,16,19H,8-9,18H2,1-7H3. The normalized spacial score (nSPS) is 13.6. The highest BCUT2D eigenvalue weighted by molar-refractivity contribution is 5.44. The van der Waals surface area contributed by atoms with Crippen molar-refractivity contribution >= 4 is 0 Å². The van der Waals surface area contributed by atoms with Crippen molar-refractivity contribution in [3.05, 3.63) is 28.8 Å². The summed E-state index contributed by atoms with van der Waals surface area (Å²) in [5.74, 6) is 6.89. The second-order valence-electron chi connectivity index (χ2n) is 5.98. The van der Waals surface area contributed by atoms with Crippen LogP contribution in [0.25, 0.3) is 0 Å². The van der Waals surface area contributed by atoms with Gasteiger partial charge in [-0.1, -0.05) is 19.9 Å². The molecule has 0 saturated heterocycles. The Balaban J connectivity index is 3.42. The third kappa shape index (κ3) is 3.23. The van der Waals surface area contributed by atoms with Crippen molar-refractivity contribution in [1.82, 2.24) is 10.3 Å². The van der Waals surface area contributed by atoms with Gasteiger partial charge in [0.1, 0.15) is 5.75 Å². The zero-order chi connectivity index (χ0) is 16.2. The minimum absolute atomic E-state index is 0.0134. The number of nitrogens with zero attached hydrogens (tertiary/aromatic N) is 1. The molecule has 1 rings (SSSR count). The Morgan fingerprint density at radius 3 is 2.14 bits per heavy atom. The van der Waals surface area contributed by atoms with E-state index in [1.807, 2.05) is 0 Å². The van der Waals surface area contributed by atoms with Crippen LogP contribution in [0.4, 0.5) is 0 Å². The molecule has 0 spiro atoms. The third-order valence-electron chi connectivity index (χ3n) is 4.91. The molecule has 0 heterocycles. The molecule has 21 heavy (non-hydrogen) atoms. The lowest BCUT2D eigenvalue weighted by molar-refractivity contribution is 0.0878. The monoisotopic (exact) mass is 293 g/mol. The molecule has 0 aliphatic heterocycles. The number of aryl methyl sites for hydroxylation is 2. The van der Waals surface area contributed by atoms with E-state index < -0.39 is 0 Å². The first-order valence-electron chi connectivity index (χ1n) is 7.66. The predicted octanol–water partition coefficient (Wildman–Crippen LogP) is 2.94. The van der Waals surface area contributed by atoms with E-state index in [1.54, 1.807) is 7.11 Å². The molecule has 0 aliphatic carbocycles. The fourth-order valence-electron chi connectivity index (χ4n) is 3.43. The van der Waals surface area contributed by atoms with Gasteiger partial charge in [-0.3, -0.25) is 11.3 Å². The summed E-state index contributed by atoms with van der Waals surface area (Å²) in [5.41, 5.74) is 6.64. The molecule has 1 atom stereocenters. The number of hydrazine groups is 1. The molecule has 0 radical (unpaired) electrons. The van der Waals surface area contributed by atoms with Crippen LogP contribution in [0.2, 0.25) is 0 Å². The van der Waals surface area contributed by atoms with Gasteiger partial charge in [0, 0.05) is 5.54 Å². The first-order chi connectivity index (χ1) is 9.87. The molecule has 0 aromatic heterocycles. The molecule has 3 N–H and O–H groups in total. The highest BCUT2D eigenvalue weighted by Crippen LogP contribution is 2.38. The van der Waals surface area contributed by atoms with Gasteiger partial charge in [0.25, 0.3) is 0 Å². The average molecular weight is 293 g/mol. The van der Waals surface area contributed by atoms with Crippen LogP contribution in [0.5, 0.6) is 5.75 Å². The van der Waals surface area contributed by atoms with Gasteiger partial charge in [-0.2, -0.15) is 0 Å². The Kier molecular flexibility index (Phi) is 6.20. The molecule has 0 aliphatic rings. The Morgan fingerprint density at radius 2 is 1.76 bits per heavy atom. The van der Waals surface area contributed by atoms with E-state index in [0.717, 1.165) is 24.2 Å². The van der Waals surface area contributed by atoms with Crippen molar-refractivity contribution in [2.45, 2.75) is 52.1 Å². The number of nitrogens with two attached hydrogens (primary N) is 1. The molecule has 1 aromatic rings. The maximum atomic E-state index is 5.96. The van der Waals surface area contributed by atoms with Gasteiger partial charge in [0.2, 0.25) is 0 Å². The average Bonchev–Trinajstić information content (AvgIpc) is 2.46. The Bertz CT molecular complexity index is 467. The summed E-state index contributed by atoms with van der Waals surface area (Å²) >= 11 is 0. The maximum absolute atomic E-state index is 5.96. The predicted molar refractivity (Wildman–Crippen MR) is 89.5 cm³/mol. The second kappa shape index (κ2) is 7.25. The Hall–Kier alpha value is -1.10. The van der Waals surface area contributed by atoms with Gasteiger partial charge >= 0.3 is 0 Å². The molecule has 0 bridgehead atoms. The second-order valence-corrected chi connectivity index (χ2v) is 5.98. The number of ether oxygens (including phenoxy) is 1. The largest absolute Gasteiger partial charge is 0.496 e. The smallest absolute Gasteiger partial charge is 0.122 e. The summed E-state index contributed by atoms with van der Waals surface area (Å²) in [5, 5.41) is 0. The van der Waals surface area contributed by atoms with Crippen molar-refractivity contribution in [2.75, 3.05) is 21.2 Å². The minimum atomic E-state index is -0.0134. The van der Waals surface area contributed by atoms with Crippen molar-refractivity contribution in [3.63, 3.8) is 0 Å². The van der Waals surface area contributed by atoms with Crippen LogP contribution in [0, 0.1) is 13.8 Å². The zero-order valence-corrected chi connectivity index (χ0v) is 14.6. The summed E-state index contributed by atoms with van der Waals surface area (Å²) in [7, 11) is 5.97. The third-order valence-corrected chi connectivity index (χ3v) is 4.91. The highest BCUT2D eigenvalue weighted by Gasteiger charge is 2.39. The molecule has 4 heteroatoms. The summed E-state index contributed by atoms with van der Waals surface area (Å²) < 4.78 is 5.42. The Labute approximate surface area is 129 Å². The number of nitrogens with one attached hydrogen (secondary N) is 1. The molecule has 120 valence electrons. The van der Waals surface area contributed by atoms with Crippen LogP contribution in [0.1, 0.15) is 49.4 Å². The van der Waals surface area contributed by atoms with Gasteiger partial charge < -0.3 is 9.64 Å². The van der Waals surface area contributed by atoms with E-state index >= 15 is 0 Å². The molecule has 1 unspecified atom stereocenters. The number of hydrogen-bond donors (Lipinski definition) is 2. The van der Waals surface area contributed by atoms with Crippen LogP contribution in [-0.2, 0) is 0 Å². The topological polar surface area (TPSA) is 50.5 Å². The lowest BCUT2D eigenvalue weighted by Gasteiger charge is -2.45. The molecule has 4 nitrogen and oxygen atoms in total. The lowest BCUT2D eigenvalue weighted by Crippen LogP contribution is -2.54. The molecule has 0 amide bonds. The van der Waals surface area contributed by atoms with E-state index in [2.05, 4.69) is 64.2 Å². The van der Waals surface area contributed by atoms with Gasteiger partial charge in [-0.25, -0.2) is 0 Å². The molecular formula is C17H31N3O. The fourth-order valence-corrected chi connectivity index (χ4v) is 3.43. The molecular weight excluding hydrogens is 262 g/mol. The molecule has 1 aromatic carbocycles. The van der Waals surface area contributed by atoms with E-state index in [9.17, 15) is 0 Å². The number of rotatable bonds is 7. The van der Waals surface area contributed by atoms with Gasteiger partial charge in [0.05, 0.1) is 13.2 Å². The van der Waals surface area contributed by atoms with E-state index in [1.165, 1.54) is 11.1 Å². The molecule has 0 saturated carbocycles. The number of benzene rings is 1. The van der Waals surface area contributed by atoms with Gasteiger partial charge in [0.15, 0.2) is 0 Å². The van der Waals surface area contributed by atoms with Crippen molar-refractivity contribution < 1.29 is 4.74 Å². The number of likely N-dealkylation sites (N-methyl/N-ethyl adjacent to an activating group) is 1. The fraction of sp³-hybridized carbons (Fsp3) is 0.647. The minimum Gasteiger partial charge on any atom is -0.496 e. The van der Waals surface area contributed by atoms with Gasteiger partial charge in [-0.05, 0) is 63.5 Å². The number of hydrogen-bond acceptors (Lipinski definition) is 4. The van der Waals surface area contributed by atoms with E-state index in [-0.39, 0.29) is 11.6 Å². The maximum Gasteiger partial charge on any atom is 0.122 e.